The molecule has 1 heterocycles. The van der Waals surface area contributed by atoms with Gasteiger partial charge in [-0.05, 0) is 37.0 Å². The predicted octanol–water partition coefficient (Wildman–Crippen LogP) is 3.25. The lowest BCUT2D eigenvalue weighted by atomic mass is 10.0. The van der Waals surface area contributed by atoms with E-state index < -0.39 is 0 Å². The number of amidine groups is 1. The van der Waals surface area contributed by atoms with Crippen LogP contribution in [-0.4, -0.2) is 18.9 Å². The van der Waals surface area contributed by atoms with Crippen molar-refractivity contribution >= 4 is 23.1 Å². The minimum atomic E-state index is 0.0636. The number of halogens is 1. The van der Waals surface area contributed by atoms with E-state index in [1.54, 1.807) is 6.07 Å². The van der Waals surface area contributed by atoms with Crippen LogP contribution in [0.15, 0.2) is 18.2 Å². The second-order valence-corrected chi connectivity index (χ2v) is 5.38. The number of hydrogen-bond donors (Lipinski definition) is 2. The summed E-state index contributed by atoms with van der Waals surface area (Å²) in [6.45, 7) is 4.40. The van der Waals surface area contributed by atoms with Crippen LogP contribution in [0.25, 0.3) is 0 Å². The van der Waals surface area contributed by atoms with Crippen molar-refractivity contribution in [1.29, 1.82) is 5.41 Å². The van der Waals surface area contributed by atoms with Crippen LogP contribution >= 0.6 is 11.6 Å². The van der Waals surface area contributed by atoms with Crippen molar-refractivity contribution in [3.63, 3.8) is 0 Å². The minimum Gasteiger partial charge on any atom is -0.384 e. The van der Waals surface area contributed by atoms with Gasteiger partial charge in [0.1, 0.15) is 5.84 Å². The molecule has 1 unspecified atom stereocenters. The molecule has 18 heavy (non-hydrogen) atoms. The summed E-state index contributed by atoms with van der Waals surface area (Å²) >= 11 is 6.28. The summed E-state index contributed by atoms with van der Waals surface area (Å²) in [5, 5.41) is 8.10. The standard InChI is InChI=1S/C14H20ClN3/c1-2-3-10-6-7-18(9-10)13-5-4-11(14(16)17)8-12(13)15/h4-5,8,10H,2-3,6-7,9H2,1H3,(H3,16,17). The van der Waals surface area contributed by atoms with Gasteiger partial charge in [-0.1, -0.05) is 24.9 Å². The highest BCUT2D eigenvalue weighted by atomic mass is 35.5. The summed E-state index contributed by atoms with van der Waals surface area (Å²) in [7, 11) is 0. The Kier molecular flexibility index (Phi) is 4.12. The van der Waals surface area contributed by atoms with Gasteiger partial charge < -0.3 is 10.6 Å². The van der Waals surface area contributed by atoms with Crippen LogP contribution in [0.1, 0.15) is 31.7 Å². The topological polar surface area (TPSA) is 53.1 Å². The Morgan fingerprint density at radius 3 is 2.94 bits per heavy atom. The van der Waals surface area contributed by atoms with Crippen molar-refractivity contribution in [3.8, 4) is 0 Å². The Morgan fingerprint density at radius 1 is 1.56 bits per heavy atom. The van der Waals surface area contributed by atoms with Crippen LogP contribution in [0.2, 0.25) is 5.02 Å². The summed E-state index contributed by atoms with van der Waals surface area (Å²) in [5.74, 6) is 0.854. The molecule has 4 heteroatoms. The van der Waals surface area contributed by atoms with Crippen molar-refractivity contribution in [2.45, 2.75) is 26.2 Å². The molecular weight excluding hydrogens is 246 g/mol. The first-order valence-corrected chi connectivity index (χ1v) is 6.88. The van der Waals surface area contributed by atoms with E-state index >= 15 is 0 Å². The zero-order valence-corrected chi connectivity index (χ0v) is 11.5. The third-order valence-corrected chi connectivity index (χ3v) is 3.88. The highest BCUT2D eigenvalue weighted by Crippen LogP contribution is 2.32. The van der Waals surface area contributed by atoms with Gasteiger partial charge in [-0.3, -0.25) is 5.41 Å². The molecule has 1 aromatic rings. The zero-order valence-electron chi connectivity index (χ0n) is 10.7. The average molecular weight is 266 g/mol. The lowest BCUT2D eigenvalue weighted by Crippen LogP contribution is -2.20. The molecule has 3 nitrogen and oxygen atoms in total. The molecule has 1 aromatic carbocycles. The van der Waals surface area contributed by atoms with Gasteiger partial charge in [-0.15, -0.1) is 0 Å². The predicted molar refractivity (Wildman–Crippen MR) is 77.7 cm³/mol. The first-order chi connectivity index (χ1) is 8.61. The fourth-order valence-corrected chi connectivity index (χ4v) is 2.93. The summed E-state index contributed by atoms with van der Waals surface area (Å²) in [4.78, 5) is 2.34. The molecule has 0 aromatic heterocycles. The van der Waals surface area contributed by atoms with Crippen LogP contribution in [0.5, 0.6) is 0 Å². The second kappa shape index (κ2) is 5.61. The van der Waals surface area contributed by atoms with Crippen molar-refractivity contribution in [1.82, 2.24) is 0 Å². The summed E-state index contributed by atoms with van der Waals surface area (Å²) in [6, 6.07) is 5.64. The van der Waals surface area contributed by atoms with Gasteiger partial charge in [0.05, 0.1) is 10.7 Å². The lowest BCUT2D eigenvalue weighted by Gasteiger charge is -2.20. The number of nitrogen functional groups attached to an aromatic ring is 1. The Morgan fingerprint density at radius 2 is 2.33 bits per heavy atom. The van der Waals surface area contributed by atoms with Crippen LogP contribution in [0.4, 0.5) is 5.69 Å². The molecule has 3 N–H and O–H groups in total. The first-order valence-electron chi connectivity index (χ1n) is 6.50. The molecule has 98 valence electrons. The smallest absolute Gasteiger partial charge is 0.122 e. The molecule has 1 atom stereocenters. The summed E-state index contributed by atoms with van der Waals surface area (Å²) < 4.78 is 0. The van der Waals surface area contributed by atoms with E-state index in [1.165, 1.54) is 19.3 Å². The van der Waals surface area contributed by atoms with Crippen molar-refractivity contribution in [2.75, 3.05) is 18.0 Å². The van der Waals surface area contributed by atoms with E-state index in [1.807, 2.05) is 12.1 Å². The van der Waals surface area contributed by atoms with Crippen LogP contribution in [0.3, 0.4) is 0 Å². The van der Waals surface area contributed by atoms with Crippen LogP contribution in [0, 0.1) is 11.3 Å². The summed E-state index contributed by atoms with van der Waals surface area (Å²) in [5.41, 5.74) is 7.22. The Bertz CT molecular complexity index is 445. The molecule has 1 aliphatic rings. The van der Waals surface area contributed by atoms with Crippen LogP contribution < -0.4 is 10.6 Å². The van der Waals surface area contributed by atoms with Crippen LogP contribution in [-0.2, 0) is 0 Å². The van der Waals surface area contributed by atoms with E-state index in [9.17, 15) is 0 Å². The number of nitrogens with one attached hydrogen (secondary N) is 1. The second-order valence-electron chi connectivity index (χ2n) is 4.97. The molecule has 2 rings (SSSR count). The normalized spacial score (nSPS) is 19.2. The molecule has 0 aliphatic carbocycles. The highest BCUT2D eigenvalue weighted by molar-refractivity contribution is 6.33. The Hall–Kier alpha value is -1.22. The molecule has 1 fully saturated rings. The number of rotatable bonds is 4. The van der Waals surface area contributed by atoms with Gasteiger partial charge in [-0.25, -0.2) is 0 Å². The van der Waals surface area contributed by atoms with E-state index in [4.69, 9.17) is 22.7 Å². The largest absolute Gasteiger partial charge is 0.384 e. The quantitative estimate of drug-likeness (QED) is 0.649. The maximum Gasteiger partial charge on any atom is 0.122 e. The minimum absolute atomic E-state index is 0.0636. The van der Waals surface area contributed by atoms with Gasteiger partial charge >= 0.3 is 0 Å². The number of hydrogen-bond acceptors (Lipinski definition) is 2. The first kappa shape index (κ1) is 13.2. The lowest BCUT2D eigenvalue weighted by molar-refractivity contribution is 0.530. The van der Waals surface area contributed by atoms with Gasteiger partial charge in [0.2, 0.25) is 0 Å². The van der Waals surface area contributed by atoms with Gasteiger partial charge in [0.15, 0.2) is 0 Å². The Balaban J connectivity index is 2.12. The van der Waals surface area contributed by atoms with Gasteiger partial charge in [-0.2, -0.15) is 0 Å². The van der Waals surface area contributed by atoms with Gasteiger partial charge in [0, 0.05) is 18.7 Å². The SMILES string of the molecule is CCCC1CCN(c2ccc(C(=N)N)cc2Cl)C1. The molecule has 0 spiro atoms. The molecule has 1 aliphatic heterocycles. The number of anilines is 1. The fourth-order valence-electron chi connectivity index (χ4n) is 2.63. The highest BCUT2D eigenvalue weighted by Gasteiger charge is 2.23. The zero-order chi connectivity index (χ0) is 13.1. The monoisotopic (exact) mass is 265 g/mol. The third kappa shape index (κ3) is 2.78. The van der Waals surface area contributed by atoms with E-state index in [2.05, 4.69) is 11.8 Å². The fraction of sp³-hybridized carbons (Fsp3) is 0.500. The Labute approximate surface area is 113 Å². The summed E-state index contributed by atoms with van der Waals surface area (Å²) in [6.07, 6.45) is 3.79. The van der Waals surface area contributed by atoms with Crippen molar-refractivity contribution < 1.29 is 0 Å². The van der Waals surface area contributed by atoms with E-state index in [0.29, 0.717) is 10.6 Å². The van der Waals surface area contributed by atoms with E-state index in [-0.39, 0.29) is 5.84 Å². The maximum absolute atomic E-state index is 7.40. The third-order valence-electron chi connectivity index (χ3n) is 3.58. The van der Waals surface area contributed by atoms with E-state index in [0.717, 1.165) is 24.7 Å². The van der Waals surface area contributed by atoms with Gasteiger partial charge in [0.25, 0.3) is 0 Å². The maximum atomic E-state index is 7.40. The number of nitrogens with two attached hydrogens (primary N) is 1. The molecule has 1 saturated heterocycles. The molecular formula is C14H20ClN3. The molecule has 0 radical (unpaired) electrons. The molecule has 0 saturated carbocycles. The molecule has 0 amide bonds. The average Bonchev–Trinajstić information content (AvgIpc) is 2.77. The number of benzene rings is 1. The van der Waals surface area contributed by atoms with Crippen molar-refractivity contribution in [3.05, 3.63) is 28.8 Å². The van der Waals surface area contributed by atoms with Crippen molar-refractivity contribution in [2.24, 2.45) is 11.7 Å². The molecule has 0 bridgehead atoms. The number of nitrogens with zero attached hydrogens (tertiary/aromatic N) is 1.